The van der Waals surface area contributed by atoms with Crippen molar-refractivity contribution in [3.05, 3.63) is 96.6 Å². The van der Waals surface area contributed by atoms with Crippen molar-refractivity contribution in [3.63, 3.8) is 0 Å². The number of imide groups is 1. The van der Waals surface area contributed by atoms with Gasteiger partial charge in [0.05, 0.1) is 18.2 Å². The molecule has 3 amide bonds. The van der Waals surface area contributed by atoms with Crippen LogP contribution in [0.1, 0.15) is 52.7 Å². The second-order valence-electron chi connectivity index (χ2n) is 10.2. The molecule has 4 heterocycles. The topological polar surface area (TPSA) is 128 Å². The fraction of sp³-hybridized carbons (Fsp3) is 0.276. The number of nitrogens with one attached hydrogen (secondary N) is 1. The van der Waals surface area contributed by atoms with Crippen LogP contribution in [-0.2, 0) is 31.6 Å². The Bertz CT molecular complexity index is 1710. The zero-order valence-corrected chi connectivity index (χ0v) is 25.0. The van der Waals surface area contributed by atoms with Crippen LogP contribution in [0.4, 0.5) is 4.39 Å². The Morgan fingerprint density at radius 3 is 2.51 bits per heavy atom. The van der Waals surface area contributed by atoms with Gasteiger partial charge in [0.15, 0.2) is 5.82 Å². The van der Waals surface area contributed by atoms with E-state index in [1.807, 2.05) is 12.1 Å². The number of hydrogen-bond acceptors (Lipinski definition) is 7. The van der Waals surface area contributed by atoms with Crippen molar-refractivity contribution in [2.45, 2.75) is 48.6 Å². The molecule has 1 saturated heterocycles. The molecule has 43 heavy (non-hydrogen) atoms. The number of ether oxygens (including phenoxy) is 1. The molecule has 3 aliphatic rings. The van der Waals surface area contributed by atoms with Crippen molar-refractivity contribution in [2.24, 2.45) is 0 Å². The summed E-state index contributed by atoms with van der Waals surface area (Å²) in [6.07, 6.45) is 4.41. The Morgan fingerprint density at radius 2 is 1.88 bits per heavy atom. The molecule has 1 unspecified atom stereocenters. The Balaban J connectivity index is 0.000000207. The third-order valence-corrected chi connectivity index (χ3v) is 9.60. The summed E-state index contributed by atoms with van der Waals surface area (Å²) in [6, 6.07) is 6.89. The number of halogens is 2. The van der Waals surface area contributed by atoms with E-state index >= 15 is 0 Å². The van der Waals surface area contributed by atoms with Crippen molar-refractivity contribution in [1.82, 2.24) is 19.4 Å². The van der Waals surface area contributed by atoms with E-state index in [0.717, 1.165) is 22.9 Å². The standard InChI is InChI=1S/C19H20N2O4.C10H7ClFN2O2S.Li/c1-3-19(4-2)10-25-16-12-9-21(14-7-8-15(22)20-17(14)23)18(24)11(12)5-6-13(16)19;1-7-5-13-14(6-7)17(15,16)9-4-2-3-8(11)10(9)12;/h5-6,14H,1-4,7-10H2,(H,20,22,23);2-6H,1H2;/q-2;-1;+1. The van der Waals surface area contributed by atoms with E-state index < -0.39 is 32.7 Å². The minimum atomic E-state index is -4.07. The first-order chi connectivity index (χ1) is 19.9. The number of carbonyl (C=O) groups excluding carboxylic acids is 3. The van der Waals surface area contributed by atoms with Gasteiger partial charge >= 0.3 is 18.9 Å². The smallest absolute Gasteiger partial charge is 0.492 e. The van der Waals surface area contributed by atoms with Crippen LogP contribution in [-0.4, -0.2) is 52.9 Å². The molecule has 222 valence electrons. The van der Waals surface area contributed by atoms with Crippen LogP contribution in [0.15, 0.2) is 47.6 Å². The molecule has 2 aromatic carbocycles. The first-order valence-electron chi connectivity index (χ1n) is 13.0. The normalized spacial score (nSPS) is 18.6. The third kappa shape index (κ3) is 5.69. The monoisotopic (exact) mass is 620 g/mol. The Hall–Kier alpha value is -3.30. The molecule has 3 aromatic rings. The summed E-state index contributed by atoms with van der Waals surface area (Å²) in [7, 11) is -4.07. The molecular formula is C29H27ClFLiN4O6S-2. The predicted octanol–water partition coefficient (Wildman–Crippen LogP) is 0.625. The number of benzene rings is 2. The first-order valence-corrected chi connectivity index (χ1v) is 14.8. The van der Waals surface area contributed by atoms with Crippen LogP contribution >= 0.6 is 11.6 Å². The molecule has 6 rings (SSSR count). The van der Waals surface area contributed by atoms with E-state index in [-0.39, 0.29) is 47.5 Å². The number of hydrogen-bond donors (Lipinski definition) is 1. The summed E-state index contributed by atoms with van der Waals surface area (Å²) < 4.78 is 44.2. The van der Waals surface area contributed by atoms with Gasteiger partial charge in [-0.05, 0) is 35.6 Å². The van der Waals surface area contributed by atoms with Crippen LogP contribution in [0.2, 0.25) is 5.02 Å². The fourth-order valence-electron chi connectivity index (χ4n) is 5.28. The molecule has 0 spiro atoms. The van der Waals surface area contributed by atoms with Gasteiger partial charge in [-0.25, -0.2) is 22.0 Å². The van der Waals surface area contributed by atoms with Crippen molar-refractivity contribution >= 4 is 39.3 Å². The zero-order valence-electron chi connectivity index (χ0n) is 23.4. The fourth-order valence-corrected chi connectivity index (χ4v) is 6.74. The van der Waals surface area contributed by atoms with Crippen LogP contribution in [0, 0.1) is 26.6 Å². The van der Waals surface area contributed by atoms with Gasteiger partial charge < -0.3 is 23.5 Å². The van der Waals surface area contributed by atoms with E-state index in [0.29, 0.717) is 47.6 Å². The number of aromatic nitrogens is 2. The quantitative estimate of drug-likeness (QED) is 0.252. The van der Waals surface area contributed by atoms with E-state index in [2.05, 4.69) is 31.2 Å². The summed E-state index contributed by atoms with van der Waals surface area (Å²) in [5.41, 5.74) is 2.66. The van der Waals surface area contributed by atoms with Gasteiger partial charge in [-0.15, -0.1) is 0 Å². The molecule has 1 N–H and O–H groups in total. The van der Waals surface area contributed by atoms with Crippen molar-refractivity contribution < 1.29 is 50.8 Å². The number of nitrogens with zero attached hydrogens (tertiary/aromatic N) is 3. The molecule has 0 bridgehead atoms. The molecule has 0 saturated carbocycles. The van der Waals surface area contributed by atoms with E-state index in [1.54, 1.807) is 4.90 Å². The minimum absolute atomic E-state index is 0. The largest absolute Gasteiger partial charge is 1.00 e. The Kier molecular flexibility index (Phi) is 9.37. The number of fused-ring (bicyclic) bond motifs is 3. The molecular weight excluding hydrogens is 594 g/mol. The maximum atomic E-state index is 13.6. The number of piperidine rings is 1. The molecule has 1 aromatic heterocycles. The summed E-state index contributed by atoms with van der Waals surface area (Å²) in [4.78, 5) is 37.3. The molecule has 1 atom stereocenters. The van der Waals surface area contributed by atoms with Gasteiger partial charge in [0, 0.05) is 17.5 Å². The van der Waals surface area contributed by atoms with Crippen molar-refractivity contribution in [3.8, 4) is 5.75 Å². The second-order valence-corrected chi connectivity index (χ2v) is 12.4. The Labute approximate surface area is 266 Å². The molecule has 14 heteroatoms. The van der Waals surface area contributed by atoms with Crippen LogP contribution in [0.5, 0.6) is 5.75 Å². The number of amides is 3. The number of rotatable bonds is 5. The van der Waals surface area contributed by atoms with Gasteiger partial charge in [-0.2, -0.15) is 25.3 Å². The van der Waals surface area contributed by atoms with Gasteiger partial charge in [-0.3, -0.25) is 19.7 Å². The summed E-state index contributed by atoms with van der Waals surface area (Å²) >= 11 is 5.53. The van der Waals surface area contributed by atoms with E-state index in [9.17, 15) is 27.2 Å². The second kappa shape index (κ2) is 12.4. The van der Waals surface area contributed by atoms with Crippen molar-refractivity contribution in [1.29, 1.82) is 0 Å². The predicted molar refractivity (Wildman–Crippen MR) is 150 cm³/mol. The zero-order chi connectivity index (χ0) is 30.4. The summed E-state index contributed by atoms with van der Waals surface area (Å²) in [5.74, 6) is -1.12. The average molecular weight is 621 g/mol. The van der Waals surface area contributed by atoms with E-state index in [4.69, 9.17) is 16.3 Å². The molecule has 0 radical (unpaired) electrons. The van der Waals surface area contributed by atoms with Gasteiger partial charge in [-0.1, -0.05) is 36.1 Å². The summed E-state index contributed by atoms with van der Waals surface area (Å²) in [6.45, 7) is 12.4. The molecule has 10 nitrogen and oxygen atoms in total. The SMILES string of the molecule is [CH2-]CC1(C[CH2-])COc2c1ccc1c2CN(C2CCC(=O)NC2=O)C1=O.[CH2-]c1cnn(S(=O)(=O)c2cccc(Cl)c2F)c1.[Li+]. The van der Waals surface area contributed by atoms with Crippen LogP contribution in [0.3, 0.4) is 0 Å². The molecule has 0 aliphatic carbocycles. The molecule has 3 aliphatic heterocycles. The van der Waals surface area contributed by atoms with Crippen LogP contribution < -0.4 is 28.9 Å². The summed E-state index contributed by atoms with van der Waals surface area (Å²) in [5, 5.41) is 5.65. The van der Waals surface area contributed by atoms with E-state index in [1.165, 1.54) is 24.5 Å². The van der Waals surface area contributed by atoms with Gasteiger partial charge in [0.1, 0.15) is 16.7 Å². The maximum Gasteiger partial charge on any atom is 1.00 e. The van der Waals surface area contributed by atoms with Crippen molar-refractivity contribution in [2.75, 3.05) is 6.61 Å². The maximum absolute atomic E-state index is 13.6. The average Bonchev–Trinajstić information content (AvgIpc) is 3.66. The Morgan fingerprint density at radius 1 is 1.16 bits per heavy atom. The van der Waals surface area contributed by atoms with Gasteiger partial charge in [0.25, 0.3) is 15.9 Å². The van der Waals surface area contributed by atoms with Gasteiger partial charge in [0.2, 0.25) is 11.8 Å². The minimum Gasteiger partial charge on any atom is -0.492 e. The molecule has 1 fully saturated rings. The first kappa shape index (κ1) is 32.6. The van der Waals surface area contributed by atoms with Crippen LogP contribution in [0.25, 0.3) is 0 Å². The number of carbonyl (C=O) groups is 3. The third-order valence-electron chi connectivity index (χ3n) is 7.74.